The molecule has 0 bridgehead atoms. The van der Waals surface area contributed by atoms with Gasteiger partial charge in [-0.1, -0.05) is 17.7 Å². The predicted octanol–water partition coefficient (Wildman–Crippen LogP) is 4.33. The van der Waals surface area contributed by atoms with Crippen molar-refractivity contribution >= 4 is 38.5 Å². The van der Waals surface area contributed by atoms with E-state index in [0.29, 0.717) is 35.1 Å². The summed E-state index contributed by atoms with van der Waals surface area (Å²) >= 11 is 0. The molecule has 2 atom stereocenters. The number of aryl methyl sites for hydroxylation is 1. The van der Waals surface area contributed by atoms with Gasteiger partial charge in [0.15, 0.2) is 5.65 Å². The van der Waals surface area contributed by atoms with Gasteiger partial charge in [0, 0.05) is 25.5 Å². The Bertz CT molecular complexity index is 1470. The Hall–Kier alpha value is -3.44. The minimum atomic E-state index is -3.85. The number of hydrogen-bond acceptors (Lipinski definition) is 8. The number of aromatic nitrogens is 5. The summed E-state index contributed by atoms with van der Waals surface area (Å²) in [7, 11) is -2.20. The molecule has 0 amide bonds. The highest BCUT2D eigenvalue weighted by Gasteiger charge is 2.29. The van der Waals surface area contributed by atoms with Gasteiger partial charge in [-0.2, -0.15) is 15.1 Å². The molecule has 1 aromatic carbocycles. The number of ether oxygens (including phenoxy) is 1. The molecule has 3 aromatic heterocycles. The number of rotatable bonds is 10. The van der Waals surface area contributed by atoms with Crippen LogP contribution in [0.4, 0.5) is 17.5 Å². The first-order chi connectivity index (χ1) is 17.3. The second-order valence-electron chi connectivity index (χ2n) is 9.47. The molecule has 10 nitrogen and oxygen atoms in total. The Morgan fingerprint density at radius 2 is 1.89 bits per heavy atom. The second-order valence-corrected chi connectivity index (χ2v) is 11.3. The molecule has 3 heterocycles. The van der Waals surface area contributed by atoms with Gasteiger partial charge < -0.3 is 15.4 Å². The van der Waals surface area contributed by atoms with E-state index >= 15 is 0 Å². The minimum Gasteiger partial charge on any atom is -0.382 e. The molecule has 0 spiro atoms. The maximum Gasteiger partial charge on any atom is 0.269 e. The fourth-order valence-corrected chi connectivity index (χ4v) is 5.49. The summed E-state index contributed by atoms with van der Waals surface area (Å²) in [5.41, 5.74) is 1.98. The SMILES string of the molecule is COCC(C)n1cc(Nc2nc(N[C@@H](C)C3CC3)c3ccn(S(=O)(=O)c4ccc(C)cc4)c3n2)cn1. The summed E-state index contributed by atoms with van der Waals surface area (Å²) in [6.45, 7) is 6.58. The van der Waals surface area contributed by atoms with E-state index in [1.807, 2.05) is 20.0 Å². The van der Waals surface area contributed by atoms with Crippen molar-refractivity contribution in [3.8, 4) is 0 Å². The fraction of sp³-hybridized carbons (Fsp3) is 0.400. The molecule has 1 aliphatic rings. The first-order valence-corrected chi connectivity index (χ1v) is 13.5. The number of benzene rings is 1. The summed E-state index contributed by atoms with van der Waals surface area (Å²) in [5.74, 6) is 1.47. The first kappa shape index (κ1) is 24.3. The lowest BCUT2D eigenvalue weighted by molar-refractivity contribution is 0.157. The molecule has 11 heteroatoms. The van der Waals surface area contributed by atoms with Crippen molar-refractivity contribution in [2.24, 2.45) is 5.92 Å². The predicted molar refractivity (Wildman–Crippen MR) is 139 cm³/mol. The van der Waals surface area contributed by atoms with Crippen molar-refractivity contribution in [3.05, 3.63) is 54.5 Å². The molecule has 4 aromatic rings. The van der Waals surface area contributed by atoms with Crippen LogP contribution in [0.2, 0.25) is 0 Å². The quantitative estimate of drug-likeness (QED) is 0.324. The molecule has 0 aliphatic heterocycles. The number of methoxy groups -OCH3 is 1. The number of anilines is 3. The average Bonchev–Trinajstić information content (AvgIpc) is 3.44. The van der Waals surface area contributed by atoms with E-state index in [2.05, 4.69) is 27.6 Å². The molecule has 2 N–H and O–H groups in total. The van der Waals surface area contributed by atoms with E-state index in [0.717, 1.165) is 5.56 Å². The van der Waals surface area contributed by atoms with Gasteiger partial charge in [-0.15, -0.1) is 0 Å². The summed E-state index contributed by atoms with van der Waals surface area (Å²) in [4.78, 5) is 9.53. The van der Waals surface area contributed by atoms with Crippen LogP contribution in [-0.4, -0.2) is 51.9 Å². The van der Waals surface area contributed by atoms with Crippen molar-refractivity contribution in [2.45, 2.75) is 50.6 Å². The Morgan fingerprint density at radius 3 is 2.58 bits per heavy atom. The largest absolute Gasteiger partial charge is 0.382 e. The van der Waals surface area contributed by atoms with Crippen LogP contribution in [0.1, 0.15) is 38.3 Å². The Kier molecular flexibility index (Phi) is 6.44. The van der Waals surface area contributed by atoms with Crippen LogP contribution in [-0.2, 0) is 14.8 Å². The minimum absolute atomic E-state index is 0.0578. The summed E-state index contributed by atoms with van der Waals surface area (Å²) in [5, 5.41) is 11.7. The number of nitrogens with one attached hydrogen (secondary N) is 2. The Morgan fingerprint density at radius 1 is 1.14 bits per heavy atom. The zero-order chi connectivity index (χ0) is 25.4. The van der Waals surface area contributed by atoms with Crippen LogP contribution < -0.4 is 10.6 Å². The molecule has 36 heavy (non-hydrogen) atoms. The van der Waals surface area contributed by atoms with E-state index in [1.54, 1.807) is 48.3 Å². The number of fused-ring (bicyclic) bond motifs is 1. The van der Waals surface area contributed by atoms with Crippen molar-refractivity contribution in [2.75, 3.05) is 24.4 Å². The average molecular weight is 510 g/mol. The topological polar surface area (TPSA) is 116 Å². The third-order valence-electron chi connectivity index (χ3n) is 6.50. The van der Waals surface area contributed by atoms with Gasteiger partial charge in [0.2, 0.25) is 5.95 Å². The summed E-state index contributed by atoms with van der Waals surface area (Å²) in [6.07, 6.45) is 7.42. The van der Waals surface area contributed by atoms with Gasteiger partial charge in [-0.25, -0.2) is 12.4 Å². The van der Waals surface area contributed by atoms with Crippen LogP contribution in [0.3, 0.4) is 0 Å². The van der Waals surface area contributed by atoms with Gasteiger partial charge in [-0.3, -0.25) is 4.68 Å². The number of hydrogen-bond donors (Lipinski definition) is 2. The van der Waals surface area contributed by atoms with Crippen molar-refractivity contribution in [1.82, 2.24) is 23.7 Å². The maximum absolute atomic E-state index is 13.5. The van der Waals surface area contributed by atoms with E-state index in [1.165, 1.54) is 23.0 Å². The van der Waals surface area contributed by atoms with Crippen molar-refractivity contribution < 1.29 is 13.2 Å². The van der Waals surface area contributed by atoms with Crippen molar-refractivity contribution in [1.29, 1.82) is 0 Å². The smallest absolute Gasteiger partial charge is 0.269 e. The van der Waals surface area contributed by atoms with Gasteiger partial charge >= 0.3 is 0 Å². The zero-order valence-corrected chi connectivity index (χ0v) is 21.7. The fourth-order valence-electron chi connectivity index (χ4n) is 4.20. The highest BCUT2D eigenvalue weighted by molar-refractivity contribution is 7.90. The van der Waals surface area contributed by atoms with Crippen LogP contribution in [0.15, 0.2) is 53.8 Å². The number of nitrogens with zero attached hydrogens (tertiary/aromatic N) is 5. The van der Waals surface area contributed by atoms with Gasteiger partial charge in [0.05, 0.1) is 34.8 Å². The summed E-state index contributed by atoms with van der Waals surface area (Å²) < 4.78 is 35.3. The van der Waals surface area contributed by atoms with E-state index in [-0.39, 0.29) is 22.9 Å². The molecule has 1 unspecified atom stereocenters. The molecule has 1 saturated carbocycles. The highest BCUT2D eigenvalue weighted by Crippen LogP contribution is 2.35. The maximum atomic E-state index is 13.5. The standard InChI is InChI=1S/C25H31N7O3S/c1-16-5-9-21(10-6-16)36(33,34)32-12-11-22-23(27-18(3)19-7-8-19)29-25(30-24(22)32)28-20-13-26-31(14-20)17(2)15-35-4/h5-6,9-14,17-19H,7-8,15H2,1-4H3,(H2,27,28,29,30)/t17?,18-/m0/s1. The zero-order valence-electron chi connectivity index (χ0n) is 20.8. The van der Waals surface area contributed by atoms with Crippen LogP contribution >= 0.6 is 0 Å². The van der Waals surface area contributed by atoms with Gasteiger partial charge in [-0.05, 0) is 57.7 Å². The lowest BCUT2D eigenvalue weighted by atomic mass is 10.2. The normalized spacial score (nSPS) is 15.7. The monoisotopic (exact) mass is 509 g/mol. The highest BCUT2D eigenvalue weighted by atomic mass is 32.2. The third kappa shape index (κ3) is 4.80. The van der Waals surface area contributed by atoms with E-state index in [9.17, 15) is 8.42 Å². The van der Waals surface area contributed by atoms with Crippen molar-refractivity contribution in [3.63, 3.8) is 0 Å². The van der Waals surface area contributed by atoms with Crippen LogP contribution in [0.5, 0.6) is 0 Å². The molecular weight excluding hydrogens is 478 g/mol. The van der Waals surface area contributed by atoms with E-state index in [4.69, 9.17) is 9.72 Å². The third-order valence-corrected chi connectivity index (χ3v) is 8.18. The Balaban J connectivity index is 1.55. The van der Waals surface area contributed by atoms with Gasteiger partial charge in [0.1, 0.15) is 5.82 Å². The lowest BCUT2D eigenvalue weighted by Crippen LogP contribution is -2.19. The molecule has 5 rings (SSSR count). The first-order valence-electron chi connectivity index (χ1n) is 12.0. The van der Waals surface area contributed by atoms with Gasteiger partial charge in [0.25, 0.3) is 10.0 Å². The Labute approximate surface area is 210 Å². The molecule has 1 aliphatic carbocycles. The molecule has 1 fully saturated rings. The molecular formula is C25H31N7O3S. The molecule has 190 valence electrons. The second kappa shape index (κ2) is 9.55. The molecule has 0 saturated heterocycles. The van der Waals surface area contributed by atoms with Crippen LogP contribution in [0.25, 0.3) is 11.0 Å². The summed E-state index contributed by atoms with van der Waals surface area (Å²) in [6, 6.07) is 8.81. The molecule has 0 radical (unpaired) electrons. The van der Waals surface area contributed by atoms with E-state index < -0.39 is 10.0 Å². The van der Waals surface area contributed by atoms with Crippen LogP contribution in [0, 0.1) is 12.8 Å². The lowest BCUT2D eigenvalue weighted by Gasteiger charge is -2.16.